The third kappa shape index (κ3) is 7.08. The average Bonchev–Trinajstić information content (AvgIpc) is 3.35. The molecule has 0 fully saturated rings. The quantitative estimate of drug-likeness (QED) is 0.190. The van der Waals surface area contributed by atoms with Crippen molar-refractivity contribution in [3.05, 3.63) is 87.2 Å². The van der Waals surface area contributed by atoms with Crippen LogP contribution in [0.4, 0.5) is 36.7 Å². The molecule has 0 N–H and O–H groups in total. The van der Waals surface area contributed by atoms with Gasteiger partial charge in [0.1, 0.15) is 11.6 Å². The zero-order valence-corrected chi connectivity index (χ0v) is 24.3. The number of aromatic nitrogens is 4. The molecule has 1 heterocycles. The van der Waals surface area contributed by atoms with Gasteiger partial charge in [-0.25, -0.2) is 4.39 Å². The molecular weight excluding hydrogens is 579 g/mol. The summed E-state index contributed by atoms with van der Waals surface area (Å²) in [4.78, 5) is 2.57. The summed E-state index contributed by atoms with van der Waals surface area (Å²) in [6.07, 6.45) is -10.00. The van der Waals surface area contributed by atoms with Crippen LogP contribution in [0.3, 0.4) is 0 Å². The van der Waals surface area contributed by atoms with Crippen LogP contribution in [-0.4, -0.2) is 27.3 Å². The van der Waals surface area contributed by atoms with E-state index in [1.54, 1.807) is 6.07 Å². The summed E-state index contributed by atoms with van der Waals surface area (Å²) in [6.45, 7) is 7.03. The molecule has 13 heteroatoms. The Morgan fingerprint density at radius 3 is 1.95 bits per heavy atom. The lowest BCUT2D eigenvalue weighted by Gasteiger charge is -2.25. The fourth-order valence-electron chi connectivity index (χ4n) is 4.79. The molecule has 0 aliphatic carbocycles. The Hall–Kier alpha value is -4.16. The molecule has 0 amide bonds. The van der Waals surface area contributed by atoms with Crippen LogP contribution in [0.15, 0.2) is 42.5 Å². The minimum absolute atomic E-state index is 0.00779. The minimum atomic E-state index is -5.00. The summed E-state index contributed by atoms with van der Waals surface area (Å²) in [6, 6.07) is 8.18. The number of rotatable bonds is 8. The van der Waals surface area contributed by atoms with Crippen LogP contribution in [0.1, 0.15) is 58.7 Å². The summed E-state index contributed by atoms with van der Waals surface area (Å²) in [7, 11) is 2.90. The SMILES string of the molecule is COc1cc(F)c(C(C)C)cc1-c1cc(C)c(C)cc1CN(Cc1cc(C(F)(F)F)cc(C(F)(F)F)c1)c1nnn(C)n1. The molecule has 0 spiro atoms. The first kappa shape index (κ1) is 31.8. The van der Waals surface area contributed by atoms with E-state index in [9.17, 15) is 30.7 Å². The van der Waals surface area contributed by atoms with Gasteiger partial charge in [0.05, 0.1) is 25.3 Å². The highest BCUT2D eigenvalue weighted by Gasteiger charge is 2.37. The van der Waals surface area contributed by atoms with Gasteiger partial charge in [0, 0.05) is 24.7 Å². The smallest absolute Gasteiger partial charge is 0.416 e. The van der Waals surface area contributed by atoms with Crippen molar-refractivity contribution < 1.29 is 35.5 Å². The molecule has 3 aromatic carbocycles. The summed E-state index contributed by atoms with van der Waals surface area (Å²) >= 11 is 0. The van der Waals surface area contributed by atoms with Crippen molar-refractivity contribution in [1.29, 1.82) is 0 Å². The second-order valence-corrected chi connectivity index (χ2v) is 10.7. The molecule has 0 saturated heterocycles. The molecule has 0 atom stereocenters. The maximum atomic E-state index is 14.9. The van der Waals surface area contributed by atoms with Gasteiger partial charge in [0.15, 0.2) is 0 Å². The maximum Gasteiger partial charge on any atom is 0.416 e. The van der Waals surface area contributed by atoms with E-state index in [0.29, 0.717) is 34.4 Å². The molecule has 1 aromatic heterocycles. The third-order valence-electron chi connectivity index (χ3n) is 7.11. The monoisotopic (exact) mass is 609 g/mol. The zero-order chi connectivity index (χ0) is 31.9. The van der Waals surface area contributed by atoms with Gasteiger partial charge in [-0.05, 0) is 82.6 Å². The predicted octanol–water partition coefficient (Wildman–Crippen LogP) is 8.01. The molecule has 4 aromatic rings. The van der Waals surface area contributed by atoms with Gasteiger partial charge in [0.2, 0.25) is 0 Å². The Kier molecular flexibility index (Phi) is 8.75. The summed E-state index contributed by atoms with van der Waals surface area (Å²) in [5.41, 5.74) is 1.02. The van der Waals surface area contributed by atoms with Gasteiger partial charge in [0.25, 0.3) is 5.95 Å². The van der Waals surface area contributed by atoms with E-state index in [1.165, 1.54) is 25.1 Å². The number of hydrogen-bond acceptors (Lipinski definition) is 5. The van der Waals surface area contributed by atoms with Crippen molar-refractivity contribution >= 4 is 5.95 Å². The Labute approximate surface area is 244 Å². The second-order valence-electron chi connectivity index (χ2n) is 10.7. The lowest BCUT2D eigenvalue weighted by molar-refractivity contribution is -0.143. The van der Waals surface area contributed by atoms with Gasteiger partial charge in [-0.2, -0.15) is 31.1 Å². The number of tetrazole rings is 1. The molecular formula is C30H30F7N5O. The number of halogens is 7. The number of nitrogens with zero attached hydrogens (tertiary/aromatic N) is 5. The number of ether oxygens (including phenoxy) is 1. The summed E-state index contributed by atoms with van der Waals surface area (Å²) < 4.78 is 102. The lowest BCUT2D eigenvalue weighted by atomic mass is 9.90. The van der Waals surface area contributed by atoms with Gasteiger partial charge in [-0.1, -0.05) is 31.1 Å². The van der Waals surface area contributed by atoms with E-state index in [0.717, 1.165) is 15.9 Å². The van der Waals surface area contributed by atoms with E-state index >= 15 is 0 Å². The second kappa shape index (κ2) is 11.8. The molecule has 0 unspecified atom stereocenters. The standard InChI is InChI=1S/C30H30F7N5O/c1-16(2)23-12-25(27(43-6)13-26(23)31)24-8-18(4)17(3)7-20(24)15-42(28-38-40-41(5)39-28)14-19-9-21(29(32,33)34)11-22(10-19)30(35,36)37/h7-13,16H,14-15H2,1-6H3. The van der Waals surface area contributed by atoms with Gasteiger partial charge in [-0.15, -0.1) is 5.10 Å². The highest BCUT2D eigenvalue weighted by molar-refractivity contribution is 5.76. The Balaban J connectivity index is 1.88. The Morgan fingerprint density at radius 1 is 0.837 bits per heavy atom. The molecule has 0 aliphatic rings. The lowest BCUT2D eigenvalue weighted by Crippen LogP contribution is -2.25. The van der Waals surface area contributed by atoms with Crippen LogP contribution in [0.5, 0.6) is 5.75 Å². The number of aryl methyl sites for hydroxylation is 3. The highest BCUT2D eigenvalue weighted by Crippen LogP contribution is 2.40. The van der Waals surface area contributed by atoms with Crippen LogP contribution in [0.25, 0.3) is 11.1 Å². The van der Waals surface area contributed by atoms with E-state index < -0.39 is 35.8 Å². The van der Waals surface area contributed by atoms with Gasteiger partial charge < -0.3 is 9.64 Å². The summed E-state index contributed by atoms with van der Waals surface area (Å²) in [5, 5.41) is 12.0. The van der Waals surface area contributed by atoms with Crippen LogP contribution >= 0.6 is 0 Å². The maximum absolute atomic E-state index is 14.9. The van der Waals surface area contributed by atoms with E-state index in [1.807, 2.05) is 39.8 Å². The number of benzene rings is 3. The molecule has 230 valence electrons. The van der Waals surface area contributed by atoms with Crippen molar-refractivity contribution in [3.63, 3.8) is 0 Å². The largest absolute Gasteiger partial charge is 0.496 e. The van der Waals surface area contributed by atoms with Crippen molar-refractivity contribution in [2.45, 2.75) is 59.1 Å². The van der Waals surface area contributed by atoms with Crippen LogP contribution in [-0.2, 0) is 32.5 Å². The third-order valence-corrected chi connectivity index (χ3v) is 7.11. The van der Waals surface area contributed by atoms with Crippen LogP contribution in [0, 0.1) is 19.7 Å². The number of alkyl halides is 6. The predicted molar refractivity (Wildman–Crippen MR) is 147 cm³/mol. The van der Waals surface area contributed by atoms with Crippen LogP contribution < -0.4 is 9.64 Å². The van der Waals surface area contributed by atoms with Crippen molar-refractivity contribution in [3.8, 4) is 16.9 Å². The Bertz CT molecular complexity index is 1590. The molecule has 6 nitrogen and oxygen atoms in total. The first-order chi connectivity index (χ1) is 20.0. The topological polar surface area (TPSA) is 56.1 Å². The normalized spacial score (nSPS) is 12.2. The summed E-state index contributed by atoms with van der Waals surface area (Å²) in [5.74, 6) is -0.324. The molecule has 0 bridgehead atoms. The number of methoxy groups -OCH3 is 1. The van der Waals surface area contributed by atoms with Gasteiger partial charge in [-0.3, -0.25) is 0 Å². The van der Waals surface area contributed by atoms with Crippen molar-refractivity contribution in [2.75, 3.05) is 12.0 Å². The molecule has 0 radical (unpaired) electrons. The number of anilines is 1. The molecule has 0 saturated carbocycles. The van der Waals surface area contributed by atoms with E-state index in [-0.39, 0.29) is 35.8 Å². The van der Waals surface area contributed by atoms with Crippen molar-refractivity contribution in [2.24, 2.45) is 7.05 Å². The van der Waals surface area contributed by atoms with E-state index in [2.05, 4.69) is 15.4 Å². The molecule has 43 heavy (non-hydrogen) atoms. The van der Waals surface area contributed by atoms with E-state index in [4.69, 9.17) is 4.74 Å². The van der Waals surface area contributed by atoms with Crippen LogP contribution in [0.2, 0.25) is 0 Å². The van der Waals surface area contributed by atoms with Gasteiger partial charge >= 0.3 is 12.4 Å². The highest BCUT2D eigenvalue weighted by atomic mass is 19.4. The fourth-order valence-corrected chi connectivity index (χ4v) is 4.79. The molecule has 0 aliphatic heterocycles. The molecule has 4 rings (SSSR count). The number of hydrogen-bond donors (Lipinski definition) is 0. The average molecular weight is 610 g/mol. The first-order valence-corrected chi connectivity index (χ1v) is 13.2. The Morgan fingerprint density at radius 2 is 1.44 bits per heavy atom. The first-order valence-electron chi connectivity index (χ1n) is 13.2. The minimum Gasteiger partial charge on any atom is -0.496 e. The zero-order valence-electron chi connectivity index (χ0n) is 24.3. The fraction of sp³-hybridized carbons (Fsp3) is 0.367. The van der Waals surface area contributed by atoms with Crippen molar-refractivity contribution in [1.82, 2.24) is 20.2 Å².